The molecule has 0 spiro atoms. The van der Waals surface area contributed by atoms with Crippen LogP contribution in [0.25, 0.3) is 0 Å². The van der Waals surface area contributed by atoms with Crippen LogP contribution >= 0.6 is 11.6 Å². The van der Waals surface area contributed by atoms with Gasteiger partial charge in [0.1, 0.15) is 0 Å². The second-order valence-corrected chi connectivity index (χ2v) is 9.55. The average molecular weight is 507 g/mol. The number of carbonyl (C=O) groups is 1. The number of alkyl halides is 6. The molecule has 34 heavy (non-hydrogen) atoms. The minimum Gasteiger partial charge on any atom is -0.340 e. The second-order valence-electron chi connectivity index (χ2n) is 9.14. The number of likely N-dealkylation sites (N-methyl/N-ethyl adjacent to an activating group) is 1. The van der Waals surface area contributed by atoms with Gasteiger partial charge in [0.05, 0.1) is 22.6 Å². The number of aryl methyl sites for hydroxylation is 1. The number of nitrogens with one attached hydrogen (secondary N) is 1. The van der Waals surface area contributed by atoms with E-state index in [0.717, 1.165) is 11.1 Å². The first-order valence-corrected chi connectivity index (χ1v) is 11.0. The number of hydrogen-bond donors (Lipinski definition) is 1. The lowest BCUT2D eigenvalue weighted by Gasteiger charge is -2.36. The molecular weight excluding hydrogens is 482 g/mol. The summed E-state index contributed by atoms with van der Waals surface area (Å²) in [6.07, 6.45) is -9.99. The van der Waals surface area contributed by atoms with Crippen LogP contribution < -0.4 is 5.32 Å². The van der Waals surface area contributed by atoms with Gasteiger partial charge in [-0.05, 0) is 61.7 Å². The van der Waals surface area contributed by atoms with E-state index >= 15 is 0 Å². The quantitative estimate of drug-likeness (QED) is 0.502. The fourth-order valence-corrected chi connectivity index (χ4v) is 4.87. The van der Waals surface area contributed by atoms with Crippen molar-refractivity contribution in [2.75, 3.05) is 20.1 Å². The first kappa shape index (κ1) is 26.3. The molecule has 2 aromatic rings. The third-order valence-corrected chi connectivity index (χ3v) is 6.82. The van der Waals surface area contributed by atoms with Crippen LogP contribution in [0.3, 0.4) is 0 Å². The van der Waals surface area contributed by atoms with Gasteiger partial charge in [0, 0.05) is 31.1 Å². The van der Waals surface area contributed by atoms with E-state index in [4.69, 9.17) is 11.6 Å². The number of amides is 1. The lowest BCUT2D eigenvalue weighted by atomic mass is 9.80. The highest BCUT2D eigenvalue weighted by Gasteiger charge is 2.43. The van der Waals surface area contributed by atoms with E-state index in [1.165, 1.54) is 25.8 Å². The van der Waals surface area contributed by atoms with Crippen molar-refractivity contribution in [2.45, 2.75) is 50.5 Å². The molecule has 1 fully saturated rings. The summed E-state index contributed by atoms with van der Waals surface area (Å²) in [5.41, 5.74) is -3.13. The van der Waals surface area contributed by atoms with E-state index < -0.39 is 40.8 Å². The highest BCUT2D eigenvalue weighted by atomic mass is 35.5. The molecule has 1 aliphatic heterocycles. The molecule has 186 valence electrons. The van der Waals surface area contributed by atoms with E-state index in [1.54, 1.807) is 6.07 Å². The minimum atomic E-state index is -5.00. The SMILES string of the molecule is Cc1cccc(Cl)c1C1CNCC1N(C)C(=O)C(C)(C)c1cc(C(F)(F)F)cc(C(F)(F)F)c1. The summed E-state index contributed by atoms with van der Waals surface area (Å²) in [5.74, 6) is -0.783. The number of benzene rings is 2. The molecule has 0 bridgehead atoms. The van der Waals surface area contributed by atoms with Crippen LogP contribution in [0.5, 0.6) is 0 Å². The third kappa shape index (κ3) is 5.05. The van der Waals surface area contributed by atoms with Gasteiger partial charge in [-0.1, -0.05) is 23.7 Å². The Morgan fingerprint density at radius 1 is 0.971 bits per heavy atom. The molecule has 0 saturated carbocycles. The molecule has 1 N–H and O–H groups in total. The zero-order chi connectivity index (χ0) is 25.6. The maximum atomic E-state index is 13.5. The van der Waals surface area contributed by atoms with Gasteiger partial charge in [0.2, 0.25) is 5.91 Å². The van der Waals surface area contributed by atoms with Gasteiger partial charge in [0.25, 0.3) is 0 Å². The predicted molar refractivity (Wildman–Crippen MR) is 118 cm³/mol. The van der Waals surface area contributed by atoms with Crippen molar-refractivity contribution in [1.82, 2.24) is 10.2 Å². The number of halogens is 7. The van der Waals surface area contributed by atoms with Crippen molar-refractivity contribution in [1.29, 1.82) is 0 Å². The van der Waals surface area contributed by atoms with Crippen LogP contribution in [-0.4, -0.2) is 37.0 Å². The number of carbonyl (C=O) groups excluding carboxylic acids is 1. The van der Waals surface area contributed by atoms with E-state index in [-0.39, 0.29) is 17.5 Å². The summed E-state index contributed by atoms with van der Waals surface area (Å²) in [6.45, 7) is 5.49. The molecule has 3 rings (SSSR count). The van der Waals surface area contributed by atoms with Gasteiger partial charge in [-0.2, -0.15) is 26.3 Å². The highest BCUT2D eigenvalue weighted by molar-refractivity contribution is 6.31. The Balaban J connectivity index is 2.00. The van der Waals surface area contributed by atoms with Crippen LogP contribution in [0.1, 0.15) is 47.6 Å². The summed E-state index contributed by atoms with van der Waals surface area (Å²) in [7, 11) is 1.51. The molecule has 1 heterocycles. The molecular formula is C24H25ClF6N2O. The van der Waals surface area contributed by atoms with Gasteiger partial charge < -0.3 is 10.2 Å². The maximum Gasteiger partial charge on any atom is 0.416 e. The van der Waals surface area contributed by atoms with E-state index in [1.807, 2.05) is 19.1 Å². The van der Waals surface area contributed by atoms with Crippen LogP contribution in [0.15, 0.2) is 36.4 Å². The van der Waals surface area contributed by atoms with Gasteiger partial charge in [0.15, 0.2) is 0 Å². The first-order valence-electron chi connectivity index (χ1n) is 10.6. The Kier molecular flexibility index (Phi) is 7.03. The molecule has 2 aromatic carbocycles. The second kappa shape index (κ2) is 9.07. The first-order chi connectivity index (χ1) is 15.5. The summed E-state index contributed by atoms with van der Waals surface area (Å²) < 4.78 is 80.2. The van der Waals surface area contributed by atoms with Gasteiger partial charge in [-0.15, -0.1) is 0 Å². The Bertz CT molecular complexity index is 1030. The highest BCUT2D eigenvalue weighted by Crippen LogP contribution is 2.40. The molecule has 3 nitrogen and oxygen atoms in total. The predicted octanol–water partition coefficient (Wildman–Crippen LogP) is 6.18. The van der Waals surface area contributed by atoms with Gasteiger partial charge in [-0.25, -0.2) is 0 Å². The van der Waals surface area contributed by atoms with Crippen LogP contribution in [0.2, 0.25) is 5.02 Å². The summed E-state index contributed by atoms with van der Waals surface area (Å²) in [6, 6.07) is 6.34. The third-order valence-electron chi connectivity index (χ3n) is 6.49. The van der Waals surface area contributed by atoms with Crippen molar-refractivity contribution in [3.05, 3.63) is 69.2 Å². The molecule has 1 aliphatic rings. The van der Waals surface area contributed by atoms with Crippen molar-refractivity contribution in [3.8, 4) is 0 Å². The van der Waals surface area contributed by atoms with E-state index in [2.05, 4.69) is 5.32 Å². The largest absolute Gasteiger partial charge is 0.416 e. The number of rotatable bonds is 4. The summed E-state index contributed by atoms with van der Waals surface area (Å²) in [5, 5.41) is 3.74. The molecule has 10 heteroatoms. The summed E-state index contributed by atoms with van der Waals surface area (Å²) in [4.78, 5) is 14.9. The lowest BCUT2D eigenvalue weighted by Crippen LogP contribution is -2.49. The van der Waals surface area contributed by atoms with Crippen molar-refractivity contribution < 1.29 is 31.1 Å². The number of hydrogen-bond acceptors (Lipinski definition) is 2. The average Bonchev–Trinajstić information content (AvgIpc) is 3.20. The van der Waals surface area contributed by atoms with Crippen molar-refractivity contribution in [2.24, 2.45) is 0 Å². The molecule has 0 aromatic heterocycles. The molecule has 0 aliphatic carbocycles. The Morgan fingerprint density at radius 3 is 2.00 bits per heavy atom. The molecule has 1 amide bonds. The minimum absolute atomic E-state index is 0.0604. The monoisotopic (exact) mass is 506 g/mol. The van der Waals surface area contributed by atoms with Crippen LogP contribution in [-0.2, 0) is 22.6 Å². The topological polar surface area (TPSA) is 32.3 Å². The zero-order valence-corrected chi connectivity index (χ0v) is 19.8. The molecule has 0 radical (unpaired) electrons. The number of nitrogens with zero attached hydrogens (tertiary/aromatic N) is 1. The smallest absolute Gasteiger partial charge is 0.340 e. The lowest BCUT2D eigenvalue weighted by molar-refractivity contribution is -0.144. The fourth-order valence-electron chi connectivity index (χ4n) is 4.51. The molecule has 1 saturated heterocycles. The Morgan fingerprint density at radius 2 is 1.50 bits per heavy atom. The standard InChI is InChI=1S/C24H25ClF6N2O/c1-13-6-5-7-18(25)20(13)17-11-32-12-19(17)33(4)21(34)22(2,3)14-8-15(23(26,27)28)10-16(9-14)24(29,30)31/h5-10,17,19,32H,11-12H2,1-4H3. The van der Waals surface area contributed by atoms with E-state index in [9.17, 15) is 31.1 Å². The van der Waals surface area contributed by atoms with Crippen LogP contribution in [0.4, 0.5) is 26.3 Å². The molecule has 2 atom stereocenters. The fraction of sp³-hybridized carbons (Fsp3) is 0.458. The maximum absolute atomic E-state index is 13.5. The van der Waals surface area contributed by atoms with Crippen molar-refractivity contribution in [3.63, 3.8) is 0 Å². The zero-order valence-electron chi connectivity index (χ0n) is 19.0. The molecule has 2 unspecified atom stereocenters. The van der Waals surface area contributed by atoms with Gasteiger partial charge in [-0.3, -0.25) is 4.79 Å². The summed E-state index contributed by atoms with van der Waals surface area (Å²) >= 11 is 6.42. The van der Waals surface area contributed by atoms with Crippen molar-refractivity contribution >= 4 is 17.5 Å². The van der Waals surface area contributed by atoms with Crippen LogP contribution in [0, 0.1) is 6.92 Å². The van der Waals surface area contributed by atoms with E-state index in [0.29, 0.717) is 30.2 Å². The Hall–Kier alpha value is -2.26. The normalized spacial score (nSPS) is 19.4. The van der Waals surface area contributed by atoms with Gasteiger partial charge >= 0.3 is 12.4 Å². The Labute approximate surface area is 199 Å².